The van der Waals surface area contributed by atoms with Gasteiger partial charge in [-0.15, -0.1) is 0 Å². The van der Waals surface area contributed by atoms with Crippen molar-refractivity contribution in [3.63, 3.8) is 0 Å². The van der Waals surface area contributed by atoms with Gasteiger partial charge in [-0.2, -0.15) is 13.2 Å². The van der Waals surface area contributed by atoms with E-state index in [2.05, 4.69) is 0 Å². The lowest BCUT2D eigenvalue weighted by Crippen LogP contribution is -2.42. The third-order valence-electron chi connectivity index (χ3n) is 3.53. The fourth-order valence-electron chi connectivity index (χ4n) is 2.42. The smallest absolute Gasteiger partial charge is 0.393 e. The Morgan fingerprint density at radius 3 is 2.63 bits per heavy atom. The van der Waals surface area contributed by atoms with E-state index in [1.54, 1.807) is 11.8 Å². The van der Waals surface area contributed by atoms with Crippen LogP contribution in [0.3, 0.4) is 0 Å². The van der Waals surface area contributed by atoms with Crippen LogP contribution >= 0.6 is 0 Å². The molecule has 1 aromatic carbocycles. The van der Waals surface area contributed by atoms with Crippen molar-refractivity contribution in [2.75, 3.05) is 23.7 Å². The molecule has 0 spiro atoms. The van der Waals surface area contributed by atoms with E-state index in [1.165, 1.54) is 12.1 Å². The molecule has 1 saturated heterocycles. The van der Waals surface area contributed by atoms with Crippen LogP contribution in [0.25, 0.3) is 0 Å². The minimum atomic E-state index is -4.19. The molecule has 19 heavy (non-hydrogen) atoms. The van der Waals surface area contributed by atoms with Crippen LogP contribution in [0.4, 0.5) is 28.9 Å². The topological polar surface area (TPSA) is 29.3 Å². The number of benzene rings is 1. The highest BCUT2D eigenvalue weighted by molar-refractivity contribution is 5.69. The largest absolute Gasteiger partial charge is 0.397 e. The average Bonchev–Trinajstić information content (AvgIpc) is 2.33. The number of rotatable bonds is 1. The Hall–Kier alpha value is -1.46. The van der Waals surface area contributed by atoms with Crippen LogP contribution in [0.1, 0.15) is 18.4 Å². The fourth-order valence-corrected chi connectivity index (χ4v) is 2.42. The Balaban J connectivity index is 2.25. The molecule has 2 nitrogen and oxygen atoms in total. The molecular formula is C13H16F4N2. The van der Waals surface area contributed by atoms with Gasteiger partial charge < -0.3 is 10.6 Å². The van der Waals surface area contributed by atoms with Crippen molar-refractivity contribution >= 4 is 11.4 Å². The number of hydrogen-bond donors (Lipinski definition) is 1. The van der Waals surface area contributed by atoms with Crippen LogP contribution in [0, 0.1) is 18.7 Å². The molecular weight excluding hydrogens is 260 g/mol. The van der Waals surface area contributed by atoms with Crippen LogP contribution < -0.4 is 10.6 Å². The monoisotopic (exact) mass is 276 g/mol. The molecule has 6 heteroatoms. The predicted octanol–water partition coefficient (Wildman–Crippen LogP) is 3.50. The van der Waals surface area contributed by atoms with Gasteiger partial charge in [-0.25, -0.2) is 4.39 Å². The van der Waals surface area contributed by atoms with Crippen molar-refractivity contribution in [1.29, 1.82) is 0 Å². The number of nitrogen functional groups attached to an aromatic ring is 1. The molecule has 1 atom stereocenters. The molecule has 0 saturated carbocycles. The summed E-state index contributed by atoms with van der Waals surface area (Å²) in [6.07, 6.45) is -3.59. The normalized spacial score (nSPS) is 20.7. The van der Waals surface area contributed by atoms with Crippen molar-refractivity contribution in [3.8, 4) is 0 Å². The Morgan fingerprint density at radius 1 is 1.32 bits per heavy atom. The molecule has 0 amide bonds. The van der Waals surface area contributed by atoms with Crippen molar-refractivity contribution in [2.24, 2.45) is 5.92 Å². The van der Waals surface area contributed by atoms with Gasteiger partial charge in [-0.1, -0.05) is 0 Å². The number of alkyl halides is 3. The summed E-state index contributed by atoms with van der Waals surface area (Å²) in [4.78, 5) is 1.60. The van der Waals surface area contributed by atoms with Gasteiger partial charge in [-0.3, -0.25) is 0 Å². The number of aryl methyl sites for hydroxylation is 1. The maximum absolute atomic E-state index is 13.3. The van der Waals surface area contributed by atoms with Crippen LogP contribution in [-0.4, -0.2) is 19.3 Å². The molecule has 0 aliphatic carbocycles. The van der Waals surface area contributed by atoms with Crippen LogP contribution in [0.2, 0.25) is 0 Å². The minimum Gasteiger partial charge on any atom is -0.397 e. The number of halogens is 4. The number of nitrogens with two attached hydrogens (primary N) is 1. The first-order chi connectivity index (χ1) is 8.79. The van der Waals surface area contributed by atoms with Gasteiger partial charge in [0.05, 0.1) is 17.3 Å². The Kier molecular flexibility index (Phi) is 3.60. The molecule has 1 unspecified atom stereocenters. The maximum atomic E-state index is 13.3. The highest BCUT2D eigenvalue weighted by Crippen LogP contribution is 2.36. The lowest BCUT2D eigenvalue weighted by atomic mass is 9.96. The van der Waals surface area contributed by atoms with E-state index in [-0.39, 0.29) is 18.7 Å². The molecule has 1 heterocycles. The summed E-state index contributed by atoms with van der Waals surface area (Å²) in [5, 5.41) is 0. The molecule has 1 fully saturated rings. The minimum absolute atomic E-state index is 0.112. The van der Waals surface area contributed by atoms with Gasteiger partial charge in [-0.05, 0) is 37.5 Å². The highest BCUT2D eigenvalue weighted by Gasteiger charge is 2.42. The van der Waals surface area contributed by atoms with Gasteiger partial charge in [0.25, 0.3) is 0 Å². The van der Waals surface area contributed by atoms with E-state index in [0.29, 0.717) is 24.2 Å². The van der Waals surface area contributed by atoms with E-state index >= 15 is 0 Å². The zero-order valence-corrected chi connectivity index (χ0v) is 10.6. The second kappa shape index (κ2) is 4.90. The predicted molar refractivity (Wildman–Crippen MR) is 66.5 cm³/mol. The average molecular weight is 276 g/mol. The molecule has 0 radical (unpaired) electrons. The summed E-state index contributed by atoms with van der Waals surface area (Å²) < 4.78 is 51.6. The van der Waals surface area contributed by atoms with Gasteiger partial charge in [0.1, 0.15) is 5.82 Å². The maximum Gasteiger partial charge on any atom is 0.393 e. The molecule has 1 aliphatic rings. The lowest BCUT2D eigenvalue weighted by molar-refractivity contribution is -0.175. The van der Waals surface area contributed by atoms with Crippen LogP contribution in [0.15, 0.2) is 12.1 Å². The van der Waals surface area contributed by atoms with E-state index in [4.69, 9.17) is 5.73 Å². The number of nitrogens with zero attached hydrogens (tertiary/aromatic N) is 1. The number of anilines is 2. The first-order valence-corrected chi connectivity index (χ1v) is 6.16. The highest BCUT2D eigenvalue weighted by atomic mass is 19.4. The number of hydrogen-bond acceptors (Lipinski definition) is 2. The SMILES string of the molecule is Cc1cc(N2CCCC(C(F)(F)F)C2)c(N)cc1F. The van der Waals surface area contributed by atoms with Gasteiger partial charge in [0.2, 0.25) is 0 Å². The molecule has 2 N–H and O–H groups in total. The summed E-state index contributed by atoms with van der Waals surface area (Å²) in [5.41, 5.74) is 6.78. The Bertz CT molecular complexity index is 470. The van der Waals surface area contributed by atoms with E-state index in [9.17, 15) is 17.6 Å². The molecule has 1 aliphatic heterocycles. The van der Waals surface area contributed by atoms with Crippen molar-refractivity contribution in [2.45, 2.75) is 25.9 Å². The van der Waals surface area contributed by atoms with E-state index in [0.717, 1.165) is 0 Å². The summed E-state index contributed by atoms with van der Waals surface area (Å²) in [7, 11) is 0. The standard InChI is InChI=1S/C13H16F4N2/c1-8-5-12(11(18)6-10(8)14)19-4-2-3-9(7-19)13(15,16)17/h5-6,9H,2-4,7,18H2,1H3. The quantitative estimate of drug-likeness (QED) is 0.628. The molecule has 0 bridgehead atoms. The Labute approximate surface area is 109 Å². The van der Waals surface area contributed by atoms with E-state index in [1.807, 2.05) is 0 Å². The lowest BCUT2D eigenvalue weighted by Gasteiger charge is -2.36. The first-order valence-electron chi connectivity index (χ1n) is 6.16. The van der Waals surface area contributed by atoms with Crippen molar-refractivity contribution < 1.29 is 17.6 Å². The van der Waals surface area contributed by atoms with Crippen molar-refractivity contribution in [3.05, 3.63) is 23.5 Å². The van der Waals surface area contributed by atoms with E-state index < -0.39 is 17.9 Å². The molecule has 106 valence electrons. The summed E-state index contributed by atoms with van der Waals surface area (Å²) in [5.74, 6) is -1.78. The third-order valence-corrected chi connectivity index (χ3v) is 3.53. The summed E-state index contributed by atoms with van der Waals surface area (Å²) in [6, 6.07) is 2.69. The van der Waals surface area contributed by atoms with Gasteiger partial charge in [0, 0.05) is 13.1 Å². The van der Waals surface area contributed by atoms with Crippen LogP contribution in [-0.2, 0) is 0 Å². The van der Waals surface area contributed by atoms with Crippen LogP contribution in [0.5, 0.6) is 0 Å². The fraction of sp³-hybridized carbons (Fsp3) is 0.538. The van der Waals surface area contributed by atoms with Crippen molar-refractivity contribution in [1.82, 2.24) is 0 Å². The van der Waals surface area contributed by atoms with Gasteiger partial charge >= 0.3 is 6.18 Å². The second-order valence-corrected chi connectivity index (χ2v) is 4.99. The molecule has 2 rings (SSSR count). The summed E-state index contributed by atoms with van der Waals surface area (Å²) in [6.45, 7) is 1.98. The molecule has 1 aromatic rings. The zero-order valence-electron chi connectivity index (χ0n) is 10.6. The zero-order chi connectivity index (χ0) is 14.2. The third kappa shape index (κ3) is 2.93. The first kappa shape index (κ1) is 14.0. The number of piperidine rings is 1. The second-order valence-electron chi connectivity index (χ2n) is 4.99. The summed E-state index contributed by atoms with van der Waals surface area (Å²) >= 11 is 0. The molecule has 0 aromatic heterocycles. The van der Waals surface area contributed by atoms with Gasteiger partial charge in [0.15, 0.2) is 0 Å². The Morgan fingerprint density at radius 2 is 2.00 bits per heavy atom.